The summed E-state index contributed by atoms with van der Waals surface area (Å²) in [4.78, 5) is 11.0. The summed E-state index contributed by atoms with van der Waals surface area (Å²) in [5, 5.41) is 13.0. The fourth-order valence-corrected chi connectivity index (χ4v) is 2.78. The number of benzene rings is 1. The van der Waals surface area contributed by atoms with Crippen LogP contribution in [0.3, 0.4) is 0 Å². The van der Waals surface area contributed by atoms with Gasteiger partial charge in [-0.05, 0) is 18.2 Å². The van der Waals surface area contributed by atoms with Crippen LogP contribution in [-0.2, 0) is 18.4 Å². The molecule has 1 aliphatic heterocycles. The summed E-state index contributed by atoms with van der Waals surface area (Å²) in [5.41, 5.74) is 2.42. The Kier molecular flexibility index (Phi) is 3.23. The average molecular weight is 339 g/mol. The number of fused-ring (bicyclic) bond motifs is 1. The lowest BCUT2D eigenvalue weighted by Gasteiger charge is -2.21. The van der Waals surface area contributed by atoms with E-state index in [2.05, 4.69) is 21.0 Å². The van der Waals surface area contributed by atoms with Crippen molar-refractivity contribution in [2.45, 2.75) is 6.61 Å². The van der Waals surface area contributed by atoms with E-state index in [9.17, 15) is 4.79 Å². The van der Waals surface area contributed by atoms with Crippen LogP contribution in [-0.4, -0.2) is 27.6 Å². The first-order chi connectivity index (χ1) is 9.58. The number of aryl methyl sites for hydroxylation is 1. The first-order valence-corrected chi connectivity index (χ1v) is 6.67. The minimum atomic E-state index is -1.06. The SMILES string of the molecule is Cn1nc(C(=O)O)cc1-c1c(Br)ccc2c1COCO2. The number of ether oxygens (including phenoxy) is 2. The summed E-state index contributed by atoms with van der Waals surface area (Å²) in [6.45, 7) is 0.636. The molecule has 0 atom stereocenters. The van der Waals surface area contributed by atoms with Crippen molar-refractivity contribution in [3.63, 3.8) is 0 Å². The molecule has 1 aliphatic rings. The van der Waals surface area contributed by atoms with Gasteiger partial charge in [0.2, 0.25) is 0 Å². The molecule has 20 heavy (non-hydrogen) atoms. The highest BCUT2D eigenvalue weighted by molar-refractivity contribution is 9.10. The van der Waals surface area contributed by atoms with Gasteiger partial charge in [-0.15, -0.1) is 0 Å². The molecule has 3 rings (SSSR count). The van der Waals surface area contributed by atoms with E-state index in [1.54, 1.807) is 11.7 Å². The Morgan fingerprint density at radius 1 is 1.50 bits per heavy atom. The number of halogens is 1. The molecule has 0 unspecified atom stereocenters. The van der Waals surface area contributed by atoms with Crippen LogP contribution in [0.4, 0.5) is 0 Å². The highest BCUT2D eigenvalue weighted by Crippen LogP contribution is 2.39. The predicted octanol–water partition coefficient (Wildman–Crippen LogP) is 2.41. The van der Waals surface area contributed by atoms with Gasteiger partial charge in [-0.2, -0.15) is 5.10 Å². The summed E-state index contributed by atoms with van der Waals surface area (Å²) >= 11 is 3.49. The number of rotatable bonds is 2. The van der Waals surface area contributed by atoms with Crippen LogP contribution < -0.4 is 4.74 Å². The number of carbonyl (C=O) groups is 1. The molecule has 0 fully saturated rings. The van der Waals surface area contributed by atoms with Gasteiger partial charge in [0.25, 0.3) is 0 Å². The fourth-order valence-electron chi connectivity index (χ4n) is 2.21. The van der Waals surface area contributed by atoms with E-state index in [-0.39, 0.29) is 12.5 Å². The molecule has 6 nitrogen and oxygen atoms in total. The molecule has 2 heterocycles. The van der Waals surface area contributed by atoms with Gasteiger partial charge in [-0.1, -0.05) is 15.9 Å². The Bertz CT molecular complexity index is 696. The smallest absolute Gasteiger partial charge is 0.356 e. The van der Waals surface area contributed by atoms with Crippen molar-refractivity contribution in [2.75, 3.05) is 6.79 Å². The Balaban J connectivity index is 2.21. The van der Waals surface area contributed by atoms with Crippen LogP contribution in [0.2, 0.25) is 0 Å². The second kappa shape index (κ2) is 4.92. The molecule has 0 radical (unpaired) electrons. The highest BCUT2D eigenvalue weighted by atomic mass is 79.9. The monoisotopic (exact) mass is 338 g/mol. The van der Waals surface area contributed by atoms with E-state index in [0.717, 1.165) is 21.3 Å². The van der Waals surface area contributed by atoms with Gasteiger partial charge in [0.05, 0.1) is 12.3 Å². The summed E-state index contributed by atoms with van der Waals surface area (Å²) in [6.07, 6.45) is 0. The number of nitrogens with zero attached hydrogens (tertiary/aromatic N) is 2. The second-order valence-electron chi connectivity index (χ2n) is 4.35. The van der Waals surface area contributed by atoms with Crippen molar-refractivity contribution in [1.82, 2.24) is 9.78 Å². The van der Waals surface area contributed by atoms with Gasteiger partial charge < -0.3 is 14.6 Å². The molecule has 104 valence electrons. The van der Waals surface area contributed by atoms with E-state index in [0.29, 0.717) is 12.3 Å². The summed E-state index contributed by atoms with van der Waals surface area (Å²) in [7, 11) is 1.71. The third kappa shape index (κ3) is 2.08. The highest BCUT2D eigenvalue weighted by Gasteiger charge is 2.22. The Labute approximate surface area is 123 Å². The fraction of sp³-hybridized carbons (Fsp3) is 0.231. The molecule has 1 aromatic carbocycles. The molecular weight excluding hydrogens is 328 g/mol. The number of carboxylic acids is 1. The molecule has 0 amide bonds. The van der Waals surface area contributed by atoms with Crippen molar-refractivity contribution >= 4 is 21.9 Å². The molecule has 1 aromatic heterocycles. The Hall–Kier alpha value is -1.86. The zero-order valence-corrected chi connectivity index (χ0v) is 12.2. The zero-order chi connectivity index (χ0) is 14.3. The first kappa shape index (κ1) is 13.1. The maximum absolute atomic E-state index is 11.0. The molecule has 0 spiro atoms. The van der Waals surface area contributed by atoms with E-state index >= 15 is 0 Å². The van der Waals surface area contributed by atoms with Gasteiger partial charge in [-0.25, -0.2) is 4.79 Å². The molecule has 0 bridgehead atoms. The number of aromatic carboxylic acids is 1. The third-order valence-electron chi connectivity index (χ3n) is 3.12. The van der Waals surface area contributed by atoms with Crippen molar-refractivity contribution in [2.24, 2.45) is 7.05 Å². The van der Waals surface area contributed by atoms with Crippen LogP contribution in [0, 0.1) is 0 Å². The van der Waals surface area contributed by atoms with Crippen LogP contribution in [0.1, 0.15) is 16.1 Å². The predicted molar refractivity (Wildman–Crippen MR) is 73.6 cm³/mol. The number of carboxylic acid groups (broad SMARTS) is 1. The minimum Gasteiger partial charge on any atom is -0.476 e. The summed E-state index contributed by atoms with van der Waals surface area (Å²) in [5.74, 6) is -0.312. The number of hydrogen-bond donors (Lipinski definition) is 1. The van der Waals surface area contributed by atoms with Crippen molar-refractivity contribution in [1.29, 1.82) is 0 Å². The van der Waals surface area contributed by atoms with Crippen LogP contribution >= 0.6 is 15.9 Å². The van der Waals surface area contributed by atoms with Gasteiger partial charge in [0.15, 0.2) is 12.5 Å². The lowest BCUT2D eigenvalue weighted by atomic mass is 10.0. The average Bonchev–Trinajstić information content (AvgIpc) is 2.81. The van der Waals surface area contributed by atoms with Crippen molar-refractivity contribution in [3.05, 3.63) is 33.9 Å². The third-order valence-corrected chi connectivity index (χ3v) is 3.78. The lowest BCUT2D eigenvalue weighted by Crippen LogP contribution is -2.13. The van der Waals surface area contributed by atoms with E-state index in [1.165, 1.54) is 6.07 Å². The van der Waals surface area contributed by atoms with Gasteiger partial charge in [0.1, 0.15) is 5.75 Å². The first-order valence-electron chi connectivity index (χ1n) is 5.87. The minimum absolute atomic E-state index is 0.00430. The molecule has 0 aliphatic carbocycles. The largest absolute Gasteiger partial charge is 0.476 e. The molecule has 7 heteroatoms. The normalized spacial score (nSPS) is 13.7. The van der Waals surface area contributed by atoms with Gasteiger partial charge in [-0.3, -0.25) is 4.68 Å². The van der Waals surface area contributed by atoms with E-state index in [4.69, 9.17) is 14.6 Å². The zero-order valence-electron chi connectivity index (χ0n) is 10.6. The molecular formula is C13H11BrN2O4. The summed E-state index contributed by atoms with van der Waals surface area (Å²) < 4.78 is 13.1. The van der Waals surface area contributed by atoms with Crippen LogP contribution in [0.25, 0.3) is 11.3 Å². The molecule has 0 saturated heterocycles. The maximum Gasteiger partial charge on any atom is 0.356 e. The standard InChI is InChI=1S/C13H11BrN2O4/c1-16-10(4-9(15-16)13(17)18)12-7-5-19-6-20-11(7)3-2-8(12)14/h2-4H,5-6H2,1H3,(H,17,18). The van der Waals surface area contributed by atoms with E-state index < -0.39 is 5.97 Å². The van der Waals surface area contributed by atoms with Crippen LogP contribution in [0.15, 0.2) is 22.7 Å². The lowest BCUT2D eigenvalue weighted by molar-refractivity contribution is -0.0160. The Morgan fingerprint density at radius 3 is 3.00 bits per heavy atom. The number of aromatic nitrogens is 2. The maximum atomic E-state index is 11.0. The van der Waals surface area contributed by atoms with Crippen molar-refractivity contribution < 1.29 is 19.4 Å². The van der Waals surface area contributed by atoms with Gasteiger partial charge >= 0.3 is 5.97 Å². The van der Waals surface area contributed by atoms with Gasteiger partial charge in [0, 0.05) is 22.6 Å². The molecule has 0 saturated carbocycles. The van der Waals surface area contributed by atoms with Crippen LogP contribution in [0.5, 0.6) is 5.75 Å². The number of hydrogen-bond acceptors (Lipinski definition) is 4. The topological polar surface area (TPSA) is 73.6 Å². The van der Waals surface area contributed by atoms with E-state index in [1.807, 2.05) is 12.1 Å². The molecule has 2 aromatic rings. The second-order valence-corrected chi connectivity index (χ2v) is 5.21. The quantitative estimate of drug-likeness (QED) is 0.910. The Morgan fingerprint density at radius 2 is 2.30 bits per heavy atom. The molecule has 1 N–H and O–H groups in total. The van der Waals surface area contributed by atoms with Crippen molar-refractivity contribution in [3.8, 4) is 17.0 Å². The summed E-state index contributed by atoms with van der Waals surface area (Å²) in [6, 6.07) is 5.27.